The summed E-state index contributed by atoms with van der Waals surface area (Å²) in [5.41, 5.74) is 0.741. The second kappa shape index (κ2) is 4.43. The number of ether oxygens (including phenoxy) is 2. The highest BCUT2D eigenvalue weighted by Crippen LogP contribution is 2.43. The third-order valence-corrected chi connectivity index (χ3v) is 2.86. The van der Waals surface area contributed by atoms with Crippen molar-refractivity contribution in [3.05, 3.63) is 22.2 Å². The van der Waals surface area contributed by atoms with Gasteiger partial charge < -0.3 is 19.7 Å². The molecule has 1 heterocycles. The molecule has 0 amide bonds. The summed E-state index contributed by atoms with van der Waals surface area (Å²) in [5, 5.41) is 18.6. The van der Waals surface area contributed by atoms with Gasteiger partial charge in [-0.05, 0) is 13.0 Å². The zero-order valence-corrected chi connectivity index (χ0v) is 9.82. The number of aliphatic carboxylic acids is 1. The van der Waals surface area contributed by atoms with Crippen molar-refractivity contribution in [2.75, 3.05) is 13.2 Å². The maximum Gasteiger partial charge on any atom is 0.337 e. The molecule has 0 spiro atoms. The lowest BCUT2D eigenvalue weighted by Crippen LogP contribution is -2.19. The van der Waals surface area contributed by atoms with Gasteiger partial charge in [0.25, 0.3) is 0 Å². The predicted molar refractivity (Wildman–Crippen MR) is 59.8 cm³/mol. The number of rotatable bonds is 2. The molecule has 92 valence electrons. The van der Waals surface area contributed by atoms with Gasteiger partial charge in [0, 0.05) is 11.1 Å². The van der Waals surface area contributed by atoms with Gasteiger partial charge in [-0.25, -0.2) is 4.79 Å². The summed E-state index contributed by atoms with van der Waals surface area (Å²) in [5.74, 6) is -0.531. The smallest absolute Gasteiger partial charge is 0.337 e. The van der Waals surface area contributed by atoms with Crippen LogP contribution in [0.3, 0.4) is 0 Å². The van der Waals surface area contributed by atoms with E-state index in [4.69, 9.17) is 26.2 Å². The van der Waals surface area contributed by atoms with E-state index in [1.807, 2.05) is 0 Å². The second-order valence-corrected chi connectivity index (χ2v) is 4.08. The molecular weight excluding hydrogens is 248 g/mol. The Balaban J connectivity index is 2.56. The number of benzene rings is 1. The molecule has 0 aromatic heterocycles. The number of carbonyl (C=O) groups is 1. The van der Waals surface area contributed by atoms with Crippen LogP contribution in [0.2, 0.25) is 5.02 Å². The zero-order valence-electron chi connectivity index (χ0n) is 9.07. The summed E-state index contributed by atoms with van der Waals surface area (Å²) in [6.45, 7) is 2.43. The average molecular weight is 259 g/mol. The Morgan fingerprint density at radius 2 is 2.00 bits per heavy atom. The van der Waals surface area contributed by atoms with Crippen molar-refractivity contribution < 1.29 is 24.5 Å². The van der Waals surface area contributed by atoms with Gasteiger partial charge in [-0.3, -0.25) is 0 Å². The van der Waals surface area contributed by atoms with Crippen molar-refractivity contribution >= 4 is 17.6 Å². The van der Waals surface area contributed by atoms with Gasteiger partial charge in [-0.2, -0.15) is 0 Å². The molecular formula is C11H11ClO5. The monoisotopic (exact) mass is 258 g/mol. The van der Waals surface area contributed by atoms with Crippen molar-refractivity contribution in [3.63, 3.8) is 0 Å². The van der Waals surface area contributed by atoms with E-state index in [0.717, 1.165) is 0 Å². The molecule has 5 nitrogen and oxygen atoms in total. The number of hydrogen-bond donors (Lipinski definition) is 2. The molecule has 1 aromatic carbocycles. The molecule has 0 bridgehead atoms. The molecule has 6 heteroatoms. The van der Waals surface area contributed by atoms with Crippen LogP contribution in [0, 0.1) is 6.92 Å². The van der Waals surface area contributed by atoms with Crippen molar-refractivity contribution in [2.45, 2.75) is 13.0 Å². The van der Waals surface area contributed by atoms with Gasteiger partial charge in [0.2, 0.25) is 0 Å². The topological polar surface area (TPSA) is 76.0 Å². The quantitative estimate of drug-likeness (QED) is 0.841. The number of halogens is 1. The first-order chi connectivity index (χ1) is 8.02. The lowest BCUT2D eigenvalue weighted by atomic mass is 10.0. The summed E-state index contributed by atoms with van der Waals surface area (Å²) in [6, 6.07) is 1.39. The van der Waals surface area contributed by atoms with Gasteiger partial charge in [-0.1, -0.05) is 11.6 Å². The Labute approximate surface area is 103 Å². The standard InChI is InChI=1S/C11H11ClO5/c1-5-6(8(13)11(14)15)4-7(12)10-9(5)16-2-3-17-10/h4,8,13H,2-3H2,1H3,(H,14,15). The number of hydrogen-bond acceptors (Lipinski definition) is 4. The van der Waals surface area contributed by atoms with Crippen LogP contribution < -0.4 is 9.47 Å². The van der Waals surface area contributed by atoms with Crippen LogP contribution in [0.15, 0.2) is 6.07 Å². The van der Waals surface area contributed by atoms with Crippen LogP contribution in [0.5, 0.6) is 11.5 Å². The van der Waals surface area contributed by atoms with E-state index in [2.05, 4.69) is 0 Å². The lowest BCUT2D eigenvalue weighted by molar-refractivity contribution is -0.147. The van der Waals surface area contributed by atoms with Gasteiger partial charge >= 0.3 is 5.97 Å². The van der Waals surface area contributed by atoms with E-state index in [0.29, 0.717) is 30.3 Å². The van der Waals surface area contributed by atoms with E-state index < -0.39 is 12.1 Å². The molecule has 17 heavy (non-hydrogen) atoms. The third kappa shape index (κ3) is 2.03. The van der Waals surface area contributed by atoms with Crippen molar-refractivity contribution in [3.8, 4) is 11.5 Å². The van der Waals surface area contributed by atoms with E-state index in [9.17, 15) is 9.90 Å². The van der Waals surface area contributed by atoms with Crippen molar-refractivity contribution in [1.82, 2.24) is 0 Å². The Morgan fingerprint density at radius 1 is 1.41 bits per heavy atom. The van der Waals surface area contributed by atoms with E-state index in [-0.39, 0.29) is 10.6 Å². The van der Waals surface area contributed by atoms with Crippen LogP contribution in [-0.4, -0.2) is 29.4 Å². The Kier molecular flexibility index (Phi) is 3.13. The summed E-state index contributed by atoms with van der Waals surface area (Å²) >= 11 is 5.96. The minimum atomic E-state index is -1.62. The van der Waals surface area contributed by atoms with E-state index in [1.54, 1.807) is 6.92 Å². The first-order valence-electron chi connectivity index (χ1n) is 5.02. The largest absolute Gasteiger partial charge is 0.486 e. The van der Waals surface area contributed by atoms with Crippen LogP contribution >= 0.6 is 11.6 Å². The van der Waals surface area contributed by atoms with Crippen LogP contribution in [0.1, 0.15) is 17.2 Å². The molecule has 1 atom stereocenters. The third-order valence-electron chi connectivity index (χ3n) is 2.58. The van der Waals surface area contributed by atoms with Crippen LogP contribution in [0.4, 0.5) is 0 Å². The fourth-order valence-electron chi connectivity index (χ4n) is 1.73. The maximum atomic E-state index is 10.8. The SMILES string of the molecule is Cc1c(C(O)C(=O)O)cc(Cl)c2c1OCCO2. The average Bonchev–Trinajstić information content (AvgIpc) is 2.33. The molecule has 0 saturated carbocycles. The summed E-state index contributed by atoms with van der Waals surface area (Å²) in [7, 11) is 0. The number of aliphatic hydroxyl groups excluding tert-OH is 1. The number of aliphatic hydroxyl groups is 1. The van der Waals surface area contributed by atoms with Gasteiger partial charge in [0.05, 0.1) is 5.02 Å². The van der Waals surface area contributed by atoms with Crippen LogP contribution in [-0.2, 0) is 4.79 Å². The molecule has 1 aliphatic heterocycles. The Hall–Kier alpha value is -1.46. The predicted octanol–water partition coefficient (Wildman–Crippen LogP) is 1.54. The minimum absolute atomic E-state index is 0.215. The second-order valence-electron chi connectivity index (χ2n) is 3.67. The van der Waals surface area contributed by atoms with Gasteiger partial charge in [0.15, 0.2) is 17.6 Å². The van der Waals surface area contributed by atoms with Crippen LogP contribution in [0.25, 0.3) is 0 Å². The molecule has 2 rings (SSSR count). The van der Waals surface area contributed by atoms with Crippen molar-refractivity contribution in [2.24, 2.45) is 0 Å². The molecule has 0 fully saturated rings. The van der Waals surface area contributed by atoms with Gasteiger partial charge in [0.1, 0.15) is 13.2 Å². The molecule has 0 saturated heterocycles. The fourth-order valence-corrected chi connectivity index (χ4v) is 1.99. The fraction of sp³-hybridized carbons (Fsp3) is 0.364. The summed E-state index contributed by atoms with van der Waals surface area (Å²) < 4.78 is 10.7. The highest BCUT2D eigenvalue weighted by molar-refractivity contribution is 6.32. The highest BCUT2D eigenvalue weighted by atomic mass is 35.5. The lowest BCUT2D eigenvalue weighted by Gasteiger charge is -2.23. The van der Waals surface area contributed by atoms with Gasteiger partial charge in [-0.15, -0.1) is 0 Å². The molecule has 2 N–H and O–H groups in total. The highest BCUT2D eigenvalue weighted by Gasteiger charge is 2.26. The first-order valence-corrected chi connectivity index (χ1v) is 5.39. The van der Waals surface area contributed by atoms with Crippen molar-refractivity contribution in [1.29, 1.82) is 0 Å². The maximum absolute atomic E-state index is 10.8. The van der Waals surface area contributed by atoms with E-state index >= 15 is 0 Å². The molecule has 1 unspecified atom stereocenters. The molecule has 1 aromatic rings. The molecule has 0 aliphatic carbocycles. The molecule has 0 radical (unpaired) electrons. The number of fused-ring (bicyclic) bond motifs is 1. The van der Waals surface area contributed by atoms with E-state index in [1.165, 1.54) is 6.07 Å². The molecule has 1 aliphatic rings. The minimum Gasteiger partial charge on any atom is -0.486 e. The summed E-state index contributed by atoms with van der Waals surface area (Å²) in [4.78, 5) is 10.8. The first kappa shape index (κ1) is 12.0. The Bertz CT molecular complexity index is 471. The number of carboxylic acids is 1. The zero-order chi connectivity index (χ0) is 12.6. The number of carboxylic acid groups (broad SMARTS) is 1. The summed E-state index contributed by atoms with van der Waals surface area (Å²) in [6.07, 6.45) is -1.62. The normalized spacial score (nSPS) is 15.5. The Morgan fingerprint density at radius 3 is 2.59 bits per heavy atom.